The number of nitrogens with one attached hydrogen (secondary N) is 1. The van der Waals surface area contributed by atoms with Crippen molar-refractivity contribution in [2.75, 3.05) is 0 Å². The molecule has 0 aromatic heterocycles. The first-order valence-electron chi connectivity index (χ1n) is 20.3. The first kappa shape index (κ1) is 36.0. The number of amides is 1. The number of rotatable bonds is 7. The van der Waals surface area contributed by atoms with Gasteiger partial charge in [-0.25, -0.2) is 23.9 Å². The highest BCUT2D eigenvalue weighted by molar-refractivity contribution is 5.78. The fourth-order valence-corrected chi connectivity index (χ4v) is 12.3. The predicted molar refractivity (Wildman–Crippen MR) is 185 cm³/mol. The Morgan fingerprint density at radius 1 is 0.712 bits per heavy atom. The minimum Gasteiger partial charge on any atom is -0.352 e. The lowest BCUT2D eigenvalue weighted by molar-refractivity contribution is -0.571. The fraction of sp³-hybridized carbons (Fsp3) is 0.829. The minimum absolute atomic E-state index is 0.0634. The Labute approximate surface area is 307 Å². The van der Waals surface area contributed by atoms with Gasteiger partial charge in [0.05, 0.1) is 12.2 Å². The number of carbonyl (C=O) groups excluding carboxylic acids is 1. The van der Waals surface area contributed by atoms with Crippen LogP contribution < -0.4 is 5.32 Å². The summed E-state index contributed by atoms with van der Waals surface area (Å²) in [5.74, 6) is -0.500. The van der Waals surface area contributed by atoms with E-state index in [1.165, 1.54) is 12.1 Å². The Balaban J connectivity index is 1.00. The number of halogens is 1. The van der Waals surface area contributed by atoms with E-state index in [0.29, 0.717) is 31.2 Å². The summed E-state index contributed by atoms with van der Waals surface area (Å²) in [6, 6.07) is 6.28. The molecule has 11 heteroatoms. The van der Waals surface area contributed by atoms with E-state index in [1.807, 2.05) is 13.8 Å². The highest BCUT2D eigenvalue weighted by Gasteiger charge is 2.71. The molecule has 8 aliphatic heterocycles. The molecule has 1 aromatic rings. The molecule has 4 bridgehead atoms. The Morgan fingerprint density at radius 2 is 1.19 bits per heavy atom. The van der Waals surface area contributed by atoms with Crippen molar-refractivity contribution in [3.05, 3.63) is 35.6 Å². The van der Waals surface area contributed by atoms with Gasteiger partial charge in [-0.15, -0.1) is 0 Å². The number of benzene rings is 1. The summed E-state index contributed by atoms with van der Waals surface area (Å²) in [4.78, 5) is 39.4. The molecule has 8 heterocycles. The molecule has 1 amide bonds. The van der Waals surface area contributed by atoms with Crippen LogP contribution in [-0.2, 0) is 49.8 Å². The van der Waals surface area contributed by atoms with Crippen molar-refractivity contribution in [1.29, 1.82) is 0 Å². The molecule has 2 aliphatic carbocycles. The SMILES string of the molecule is C[C@@H]1[C@@H](CC(C[C@H]2O[C@@H]3O[C@]4(C)CC[C@@H]5[C@H](C)CC[C@@H]([C@H]2C)[C@@]35OO4)C(=O)NCc2ccc(F)cc2)O[C@@H]2O[C@]3(C)CC[C@H]4[C@H](C)CC[C@@H]1[C@@]24OO3. The number of ether oxygens (including phenoxy) is 4. The zero-order valence-corrected chi connectivity index (χ0v) is 31.6. The topological polar surface area (TPSA) is 103 Å². The van der Waals surface area contributed by atoms with Crippen molar-refractivity contribution in [2.45, 2.75) is 160 Å². The van der Waals surface area contributed by atoms with Crippen molar-refractivity contribution < 1.29 is 47.7 Å². The smallest absolute Gasteiger partial charge is 0.223 e. The lowest BCUT2D eigenvalue weighted by atomic mass is 9.56. The molecular weight excluding hydrogens is 669 g/mol. The zero-order valence-electron chi connectivity index (χ0n) is 31.6. The van der Waals surface area contributed by atoms with E-state index >= 15 is 0 Å². The molecule has 2 spiro atoms. The van der Waals surface area contributed by atoms with Gasteiger partial charge in [-0.1, -0.05) is 39.8 Å². The average molecular weight is 728 g/mol. The molecule has 1 N–H and O–H groups in total. The molecule has 0 radical (unpaired) electrons. The third kappa shape index (κ3) is 5.57. The fourth-order valence-electron chi connectivity index (χ4n) is 12.3. The van der Waals surface area contributed by atoms with Crippen LogP contribution in [0.15, 0.2) is 24.3 Å². The Morgan fingerprint density at radius 3 is 1.67 bits per heavy atom. The van der Waals surface area contributed by atoms with E-state index in [4.69, 9.17) is 38.5 Å². The lowest BCUT2D eigenvalue weighted by Gasteiger charge is -2.61. The minimum atomic E-state index is -0.869. The van der Waals surface area contributed by atoms with Gasteiger partial charge in [0, 0.05) is 37.1 Å². The zero-order chi connectivity index (χ0) is 36.2. The third-order valence-electron chi connectivity index (χ3n) is 15.4. The molecule has 10 aliphatic rings. The van der Waals surface area contributed by atoms with E-state index in [0.717, 1.165) is 56.9 Å². The van der Waals surface area contributed by atoms with Crippen LogP contribution in [0.25, 0.3) is 0 Å². The standard InChI is InChI=1S/C41H58FNO9/c1-22-7-13-31-24(3)33(45-36-40(31)29(22)15-17-38(5,47-36)49-51-40)19-27(35(44)43-21-26-9-11-28(42)12-10-26)20-34-25(4)32-14-8-23(2)30-16-18-39(6)48-37(46-34)41(30,32)52-50-39/h9-12,22-25,27,29-34,36-37H,7-8,13-21H2,1-6H3,(H,43,44)/t22-,23-,24-,25+,27?,29-,30+,31+,32+,33-,34-,36-,37-,38+,39+,40-,41-/m1/s1. The second-order valence-corrected chi connectivity index (χ2v) is 18.4. The summed E-state index contributed by atoms with van der Waals surface area (Å²) in [5.41, 5.74) is -0.488. The van der Waals surface area contributed by atoms with E-state index in [9.17, 15) is 9.18 Å². The van der Waals surface area contributed by atoms with Crippen LogP contribution in [0.1, 0.15) is 111 Å². The van der Waals surface area contributed by atoms with Gasteiger partial charge in [-0.3, -0.25) is 4.79 Å². The van der Waals surface area contributed by atoms with Gasteiger partial charge in [0.1, 0.15) is 5.82 Å². The number of fused-ring (bicyclic) bond motifs is 4. The van der Waals surface area contributed by atoms with Crippen LogP contribution >= 0.6 is 0 Å². The Bertz CT molecular complexity index is 1440. The van der Waals surface area contributed by atoms with Gasteiger partial charge >= 0.3 is 0 Å². The first-order valence-corrected chi connectivity index (χ1v) is 20.3. The van der Waals surface area contributed by atoms with Crippen molar-refractivity contribution in [3.8, 4) is 0 Å². The van der Waals surface area contributed by atoms with Crippen LogP contribution in [0.5, 0.6) is 0 Å². The predicted octanol–water partition coefficient (Wildman–Crippen LogP) is 7.34. The molecule has 1 aromatic carbocycles. The van der Waals surface area contributed by atoms with Crippen molar-refractivity contribution in [1.82, 2.24) is 5.32 Å². The summed E-state index contributed by atoms with van der Waals surface area (Å²) in [6.07, 6.45) is 7.03. The third-order valence-corrected chi connectivity index (χ3v) is 15.4. The molecule has 1 unspecified atom stereocenters. The average Bonchev–Trinajstić information content (AvgIpc) is 3.49. The molecule has 288 valence electrons. The maximum absolute atomic E-state index is 14.4. The summed E-state index contributed by atoms with van der Waals surface area (Å²) in [7, 11) is 0. The van der Waals surface area contributed by atoms with Crippen LogP contribution in [0.4, 0.5) is 4.39 Å². The maximum Gasteiger partial charge on any atom is 0.223 e. The maximum atomic E-state index is 14.4. The van der Waals surface area contributed by atoms with Crippen LogP contribution in [-0.4, -0.2) is 53.5 Å². The van der Waals surface area contributed by atoms with Crippen molar-refractivity contribution >= 4 is 5.91 Å². The van der Waals surface area contributed by atoms with E-state index in [2.05, 4.69) is 33.0 Å². The van der Waals surface area contributed by atoms with Crippen molar-refractivity contribution in [3.63, 3.8) is 0 Å². The number of hydrogen-bond donors (Lipinski definition) is 1. The Hall–Kier alpha value is -1.70. The summed E-state index contributed by atoms with van der Waals surface area (Å²) < 4.78 is 41.1. The van der Waals surface area contributed by atoms with Crippen molar-refractivity contribution in [2.24, 2.45) is 53.3 Å². The Kier molecular flexibility index (Phi) is 8.95. The van der Waals surface area contributed by atoms with E-state index in [1.54, 1.807) is 12.1 Å². The lowest BCUT2D eigenvalue weighted by Crippen LogP contribution is -2.70. The summed E-state index contributed by atoms with van der Waals surface area (Å²) in [5, 5.41) is 3.20. The second kappa shape index (κ2) is 12.9. The first-order chi connectivity index (χ1) is 24.8. The molecular formula is C41H58FNO9. The highest BCUT2D eigenvalue weighted by atomic mass is 19.1. The largest absolute Gasteiger partial charge is 0.352 e. The van der Waals surface area contributed by atoms with Gasteiger partial charge in [0.25, 0.3) is 0 Å². The second-order valence-electron chi connectivity index (χ2n) is 18.4. The number of hydrogen-bond acceptors (Lipinski definition) is 9. The van der Waals surface area contributed by atoms with Crippen LogP contribution in [0.2, 0.25) is 0 Å². The van der Waals surface area contributed by atoms with Gasteiger partial charge in [-0.05, 0) is 118 Å². The van der Waals surface area contributed by atoms with Gasteiger partial charge in [-0.2, -0.15) is 0 Å². The number of carbonyl (C=O) groups is 1. The van der Waals surface area contributed by atoms with Gasteiger partial charge < -0.3 is 24.3 Å². The molecule has 8 saturated heterocycles. The van der Waals surface area contributed by atoms with Gasteiger partial charge in [0.2, 0.25) is 17.5 Å². The molecule has 10 fully saturated rings. The quantitative estimate of drug-likeness (QED) is 0.289. The molecule has 2 saturated carbocycles. The van der Waals surface area contributed by atoms with Crippen LogP contribution in [0.3, 0.4) is 0 Å². The highest BCUT2D eigenvalue weighted by Crippen LogP contribution is 2.63. The molecule has 17 atom stereocenters. The monoisotopic (exact) mass is 727 g/mol. The van der Waals surface area contributed by atoms with E-state index in [-0.39, 0.29) is 59.4 Å². The van der Waals surface area contributed by atoms with Gasteiger partial charge in [0.15, 0.2) is 23.8 Å². The summed E-state index contributed by atoms with van der Waals surface area (Å²) >= 11 is 0. The van der Waals surface area contributed by atoms with Crippen LogP contribution in [0, 0.1) is 59.1 Å². The molecule has 11 rings (SSSR count). The normalized spacial score (nSPS) is 51.1. The van der Waals surface area contributed by atoms with E-state index < -0.39 is 41.3 Å². The molecule has 10 nitrogen and oxygen atoms in total. The summed E-state index contributed by atoms with van der Waals surface area (Å²) in [6.45, 7) is 13.3. The molecule has 52 heavy (non-hydrogen) atoms.